The molecule has 3 aromatic heterocycles. The molecule has 0 saturated carbocycles. The number of H-pyrrole nitrogens is 1. The fourth-order valence-electron chi connectivity index (χ4n) is 4.26. The van der Waals surface area contributed by atoms with Gasteiger partial charge in [0.1, 0.15) is 10.7 Å². The highest BCUT2D eigenvalue weighted by Crippen LogP contribution is 2.34. The van der Waals surface area contributed by atoms with E-state index >= 15 is 0 Å². The van der Waals surface area contributed by atoms with Crippen LogP contribution in [-0.4, -0.2) is 33.9 Å². The van der Waals surface area contributed by atoms with E-state index in [0.717, 1.165) is 53.8 Å². The quantitative estimate of drug-likeness (QED) is 0.733. The van der Waals surface area contributed by atoms with Gasteiger partial charge in [0.2, 0.25) is 5.91 Å². The van der Waals surface area contributed by atoms with Gasteiger partial charge in [-0.1, -0.05) is 0 Å². The average Bonchev–Trinajstić information content (AvgIpc) is 3.40. The molecular formula is C20H21N3O2S2. The SMILES string of the molecule is O=C(Cc1ccsc1)N1CCC(c2nc3sc4c(c3c(=O)[nH]2)CCCC4)C1. The number of fused-ring (bicyclic) bond motifs is 3. The third-order valence-corrected chi connectivity index (χ3v) is 7.62. The topological polar surface area (TPSA) is 66.1 Å². The van der Waals surface area contributed by atoms with Gasteiger partial charge < -0.3 is 9.88 Å². The van der Waals surface area contributed by atoms with Crippen molar-refractivity contribution >= 4 is 38.8 Å². The molecule has 1 aliphatic carbocycles. The summed E-state index contributed by atoms with van der Waals surface area (Å²) in [6.07, 6.45) is 5.73. The zero-order chi connectivity index (χ0) is 18.4. The molecule has 4 heterocycles. The molecule has 3 aromatic rings. The second-order valence-electron chi connectivity index (χ2n) is 7.48. The van der Waals surface area contributed by atoms with Gasteiger partial charge in [0.25, 0.3) is 5.56 Å². The number of aromatic amines is 1. The van der Waals surface area contributed by atoms with E-state index in [-0.39, 0.29) is 17.4 Å². The van der Waals surface area contributed by atoms with Gasteiger partial charge >= 0.3 is 0 Å². The standard InChI is InChI=1S/C20H21N3O2S2/c24-16(9-12-6-8-26-11-12)23-7-5-13(10-23)18-21-19(25)17-14-3-1-2-4-15(14)27-20(17)22-18/h6,8,11,13H,1-5,7,9-10H2,(H,21,22,25). The Balaban J connectivity index is 1.38. The number of amides is 1. The van der Waals surface area contributed by atoms with E-state index in [1.54, 1.807) is 22.7 Å². The molecule has 1 saturated heterocycles. The highest BCUT2D eigenvalue weighted by molar-refractivity contribution is 7.18. The summed E-state index contributed by atoms with van der Waals surface area (Å²) in [6, 6.07) is 2.00. The third-order valence-electron chi connectivity index (χ3n) is 5.71. The minimum Gasteiger partial charge on any atom is -0.342 e. The van der Waals surface area contributed by atoms with Gasteiger partial charge in [-0.3, -0.25) is 9.59 Å². The number of nitrogens with one attached hydrogen (secondary N) is 1. The normalized spacial score (nSPS) is 19.6. The number of rotatable bonds is 3. The molecule has 1 amide bonds. The van der Waals surface area contributed by atoms with Crippen molar-refractivity contribution in [2.75, 3.05) is 13.1 Å². The number of aromatic nitrogens is 2. The monoisotopic (exact) mass is 399 g/mol. The van der Waals surface area contributed by atoms with E-state index < -0.39 is 0 Å². The van der Waals surface area contributed by atoms with Crippen LogP contribution < -0.4 is 5.56 Å². The van der Waals surface area contributed by atoms with Gasteiger partial charge in [-0.2, -0.15) is 11.3 Å². The molecule has 0 aromatic carbocycles. The number of thiophene rings is 2. The van der Waals surface area contributed by atoms with E-state index in [1.165, 1.54) is 16.9 Å². The number of likely N-dealkylation sites (tertiary alicyclic amines) is 1. The van der Waals surface area contributed by atoms with Crippen molar-refractivity contribution in [3.05, 3.63) is 49.0 Å². The number of hydrogen-bond donors (Lipinski definition) is 1. The van der Waals surface area contributed by atoms with Crippen LogP contribution in [0.25, 0.3) is 10.2 Å². The Kier molecular flexibility index (Phi) is 4.36. The summed E-state index contributed by atoms with van der Waals surface area (Å²) in [5.41, 5.74) is 2.29. The Labute approximate surface area is 165 Å². The average molecular weight is 400 g/mol. The highest BCUT2D eigenvalue weighted by atomic mass is 32.1. The van der Waals surface area contributed by atoms with Crippen LogP contribution in [0.3, 0.4) is 0 Å². The molecule has 2 aliphatic rings. The lowest BCUT2D eigenvalue weighted by Gasteiger charge is -2.16. The Morgan fingerprint density at radius 3 is 3.07 bits per heavy atom. The zero-order valence-electron chi connectivity index (χ0n) is 15.0. The fourth-order valence-corrected chi connectivity index (χ4v) is 6.20. The highest BCUT2D eigenvalue weighted by Gasteiger charge is 2.30. The lowest BCUT2D eigenvalue weighted by atomic mass is 9.97. The number of carbonyl (C=O) groups is 1. The molecule has 0 bridgehead atoms. The Bertz CT molecular complexity index is 1050. The summed E-state index contributed by atoms with van der Waals surface area (Å²) in [4.78, 5) is 37.3. The van der Waals surface area contributed by atoms with Crippen LogP contribution in [-0.2, 0) is 24.1 Å². The van der Waals surface area contributed by atoms with Gasteiger partial charge in [0, 0.05) is 23.9 Å². The van der Waals surface area contributed by atoms with Gasteiger partial charge in [-0.25, -0.2) is 4.98 Å². The first-order valence-electron chi connectivity index (χ1n) is 9.52. The second kappa shape index (κ2) is 6.87. The zero-order valence-corrected chi connectivity index (χ0v) is 16.6. The van der Waals surface area contributed by atoms with Crippen LogP contribution in [0.4, 0.5) is 0 Å². The first-order valence-corrected chi connectivity index (χ1v) is 11.3. The Morgan fingerprint density at radius 2 is 2.22 bits per heavy atom. The Hall–Kier alpha value is -1.99. The lowest BCUT2D eigenvalue weighted by molar-refractivity contribution is -0.129. The van der Waals surface area contributed by atoms with E-state index in [2.05, 4.69) is 4.98 Å². The molecule has 7 heteroatoms. The minimum atomic E-state index is -0.00236. The first kappa shape index (κ1) is 17.1. The fraction of sp³-hybridized carbons (Fsp3) is 0.450. The molecule has 5 rings (SSSR count). The van der Waals surface area contributed by atoms with Gasteiger partial charge in [-0.05, 0) is 60.1 Å². The molecule has 0 spiro atoms. The molecule has 1 N–H and O–H groups in total. The van der Waals surface area contributed by atoms with Crippen LogP contribution in [0.2, 0.25) is 0 Å². The summed E-state index contributed by atoms with van der Waals surface area (Å²) >= 11 is 3.30. The van der Waals surface area contributed by atoms with Crippen molar-refractivity contribution in [3.8, 4) is 0 Å². The number of hydrogen-bond acceptors (Lipinski definition) is 5. The molecule has 1 fully saturated rings. The summed E-state index contributed by atoms with van der Waals surface area (Å²) < 4.78 is 0. The van der Waals surface area contributed by atoms with Crippen molar-refractivity contribution in [2.24, 2.45) is 0 Å². The summed E-state index contributed by atoms with van der Waals surface area (Å²) in [5, 5.41) is 4.83. The smallest absolute Gasteiger partial charge is 0.259 e. The van der Waals surface area contributed by atoms with E-state index in [4.69, 9.17) is 4.98 Å². The van der Waals surface area contributed by atoms with Gasteiger partial charge in [0.15, 0.2) is 0 Å². The van der Waals surface area contributed by atoms with E-state index in [1.807, 2.05) is 21.7 Å². The maximum Gasteiger partial charge on any atom is 0.259 e. The predicted molar refractivity (Wildman–Crippen MR) is 109 cm³/mol. The number of carbonyl (C=O) groups excluding carboxylic acids is 1. The van der Waals surface area contributed by atoms with Crippen molar-refractivity contribution in [1.29, 1.82) is 0 Å². The molecule has 1 unspecified atom stereocenters. The molecule has 27 heavy (non-hydrogen) atoms. The maximum absolute atomic E-state index is 12.7. The van der Waals surface area contributed by atoms with Crippen molar-refractivity contribution < 1.29 is 4.79 Å². The van der Waals surface area contributed by atoms with Gasteiger partial charge in [0.05, 0.1) is 11.8 Å². The molecule has 1 atom stereocenters. The van der Waals surface area contributed by atoms with Crippen molar-refractivity contribution in [2.45, 2.75) is 44.4 Å². The molecule has 140 valence electrons. The second-order valence-corrected chi connectivity index (χ2v) is 9.34. The molecule has 1 aliphatic heterocycles. The van der Waals surface area contributed by atoms with Crippen LogP contribution >= 0.6 is 22.7 Å². The molecular weight excluding hydrogens is 378 g/mol. The van der Waals surface area contributed by atoms with Crippen LogP contribution in [0.15, 0.2) is 21.6 Å². The summed E-state index contributed by atoms with van der Waals surface area (Å²) in [7, 11) is 0. The van der Waals surface area contributed by atoms with Crippen molar-refractivity contribution in [1.82, 2.24) is 14.9 Å². The number of nitrogens with zero attached hydrogens (tertiary/aromatic N) is 2. The van der Waals surface area contributed by atoms with Gasteiger partial charge in [-0.15, -0.1) is 11.3 Å². The van der Waals surface area contributed by atoms with E-state index in [0.29, 0.717) is 13.0 Å². The summed E-state index contributed by atoms with van der Waals surface area (Å²) in [6.45, 7) is 1.37. The Morgan fingerprint density at radius 1 is 1.33 bits per heavy atom. The van der Waals surface area contributed by atoms with Crippen LogP contribution in [0.5, 0.6) is 0 Å². The minimum absolute atomic E-state index is 0.00236. The lowest BCUT2D eigenvalue weighted by Crippen LogP contribution is -2.30. The number of aryl methyl sites for hydroxylation is 2. The first-order chi connectivity index (χ1) is 13.2. The summed E-state index contributed by atoms with van der Waals surface area (Å²) in [5.74, 6) is 1.02. The molecule has 0 radical (unpaired) electrons. The van der Waals surface area contributed by atoms with E-state index in [9.17, 15) is 9.59 Å². The maximum atomic E-state index is 12.7. The third kappa shape index (κ3) is 3.12. The largest absolute Gasteiger partial charge is 0.342 e. The molecule has 5 nitrogen and oxygen atoms in total. The predicted octanol–water partition coefficient (Wildman–Crippen LogP) is 3.48. The van der Waals surface area contributed by atoms with Crippen LogP contribution in [0.1, 0.15) is 47.0 Å². The van der Waals surface area contributed by atoms with Crippen LogP contribution in [0, 0.1) is 0 Å². The van der Waals surface area contributed by atoms with Crippen molar-refractivity contribution in [3.63, 3.8) is 0 Å².